The van der Waals surface area contributed by atoms with Crippen molar-refractivity contribution in [3.8, 4) is 23.6 Å². The number of esters is 1. The fourth-order valence-corrected chi connectivity index (χ4v) is 2.73. The summed E-state index contributed by atoms with van der Waals surface area (Å²) in [6, 6.07) is 10.3. The molecule has 3 aromatic rings. The summed E-state index contributed by atoms with van der Waals surface area (Å²) in [5.41, 5.74) is 2.67. The summed E-state index contributed by atoms with van der Waals surface area (Å²) in [4.78, 5) is 24.7. The van der Waals surface area contributed by atoms with Crippen molar-refractivity contribution in [3.05, 3.63) is 58.9 Å². The lowest BCUT2D eigenvalue weighted by atomic mass is 10.1. The molecule has 0 fully saturated rings. The molecule has 0 unspecified atom stereocenters. The van der Waals surface area contributed by atoms with Crippen LogP contribution >= 0.6 is 0 Å². The van der Waals surface area contributed by atoms with Gasteiger partial charge in [-0.1, -0.05) is 0 Å². The molecule has 2 heterocycles. The van der Waals surface area contributed by atoms with E-state index in [1.807, 2.05) is 13.8 Å². The van der Waals surface area contributed by atoms with Gasteiger partial charge in [-0.05, 0) is 43.2 Å². The second-order valence-electron chi connectivity index (χ2n) is 6.27. The number of carbonyl (C=O) groups excluding carboxylic acids is 1. The maximum Gasteiger partial charge on any atom is 0.357 e. The van der Waals surface area contributed by atoms with Gasteiger partial charge in [0.2, 0.25) is 17.7 Å². The first-order valence-electron chi connectivity index (χ1n) is 8.87. The SMILES string of the molecule is COC(=O)c1cc(Oc2c(C)cc(C#N)cc2C)nc(Nc2ccc(OC)nc2)n1. The second kappa shape index (κ2) is 8.87. The van der Waals surface area contributed by atoms with Gasteiger partial charge < -0.3 is 19.5 Å². The molecule has 152 valence electrons. The topological polar surface area (TPSA) is 119 Å². The minimum atomic E-state index is -0.633. The van der Waals surface area contributed by atoms with Gasteiger partial charge in [-0.2, -0.15) is 10.2 Å². The van der Waals surface area contributed by atoms with Crippen LogP contribution in [0, 0.1) is 25.2 Å². The number of hydrogen-bond acceptors (Lipinski definition) is 9. The smallest absolute Gasteiger partial charge is 0.357 e. The molecule has 9 nitrogen and oxygen atoms in total. The van der Waals surface area contributed by atoms with Crippen molar-refractivity contribution in [2.75, 3.05) is 19.5 Å². The quantitative estimate of drug-likeness (QED) is 0.612. The first-order chi connectivity index (χ1) is 14.4. The molecule has 0 amide bonds. The van der Waals surface area contributed by atoms with E-state index >= 15 is 0 Å². The van der Waals surface area contributed by atoms with Crippen LogP contribution in [0.15, 0.2) is 36.5 Å². The molecule has 2 aromatic heterocycles. The minimum absolute atomic E-state index is 0.0235. The summed E-state index contributed by atoms with van der Waals surface area (Å²) in [5, 5.41) is 12.1. The Bertz CT molecular complexity index is 1100. The third kappa shape index (κ3) is 4.62. The summed E-state index contributed by atoms with van der Waals surface area (Å²) in [6.07, 6.45) is 1.54. The zero-order valence-electron chi connectivity index (χ0n) is 16.9. The number of benzene rings is 1. The van der Waals surface area contributed by atoms with Crippen molar-refractivity contribution in [2.45, 2.75) is 13.8 Å². The lowest BCUT2D eigenvalue weighted by Gasteiger charge is -2.13. The van der Waals surface area contributed by atoms with Crippen molar-refractivity contribution in [2.24, 2.45) is 0 Å². The highest BCUT2D eigenvalue weighted by molar-refractivity contribution is 5.87. The fraction of sp³-hybridized carbons (Fsp3) is 0.190. The molecule has 9 heteroatoms. The molecule has 0 aliphatic heterocycles. The van der Waals surface area contributed by atoms with Gasteiger partial charge in [0.1, 0.15) is 5.75 Å². The first kappa shape index (κ1) is 20.5. The largest absolute Gasteiger partial charge is 0.481 e. The van der Waals surface area contributed by atoms with Crippen LogP contribution < -0.4 is 14.8 Å². The van der Waals surface area contributed by atoms with E-state index in [9.17, 15) is 4.79 Å². The molecule has 0 saturated carbocycles. The summed E-state index contributed by atoms with van der Waals surface area (Å²) in [6.45, 7) is 3.65. The number of rotatable bonds is 6. The van der Waals surface area contributed by atoms with Gasteiger partial charge in [0, 0.05) is 12.1 Å². The maximum atomic E-state index is 12.1. The standard InChI is InChI=1S/C21H19N5O4/c1-12-7-14(10-22)8-13(2)19(12)30-18-9-16(20(27)29-4)25-21(26-18)24-15-5-6-17(28-3)23-11-15/h5-9,11H,1-4H3,(H,24,25,26). The molecular weight excluding hydrogens is 386 g/mol. The van der Waals surface area contributed by atoms with Crippen LogP contribution in [-0.2, 0) is 4.74 Å². The third-order valence-electron chi connectivity index (χ3n) is 4.09. The van der Waals surface area contributed by atoms with E-state index in [1.54, 1.807) is 30.5 Å². The summed E-state index contributed by atoms with van der Waals surface area (Å²) < 4.78 is 15.8. The first-order valence-corrected chi connectivity index (χ1v) is 8.87. The molecule has 1 N–H and O–H groups in total. The van der Waals surface area contributed by atoms with Crippen molar-refractivity contribution in [3.63, 3.8) is 0 Å². The Morgan fingerprint density at radius 1 is 1.07 bits per heavy atom. The van der Waals surface area contributed by atoms with Crippen LogP contribution in [0.2, 0.25) is 0 Å². The Morgan fingerprint density at radius 2 is 1.80 bits per heavy atom. The number of methoxy groups -OCH3 is 2. The normalized spacial score (nSPS) is 10.1. The van der Waals surface area contributed by atoms with E-state index in [0.29, 0.717) is 22.9 Å². The van der Waals surface area contributed by atoms with E-state index in [-0.39, 0.29) is 17.5 Å². The highest BCUT2D eigenvalue weighted by Crippen LogP contribution is 2.30. The molecule has 0 spiro atoms. The fourth-order valence-electron chi connectivity index (χ4n) is 2.73. The number of aromatic nitrogens is 3. The number of aryl methyl sites for hydroxylation is 2. The van der Waals surface area contributed by atoms with E-state index < -0.39 is 5.97 Å². The van der Waals surface area contributed by atoms with Crippen LogP contribution in [0.1, 0.15) is 27.2 Å². The summed E-state index contributed by atoms with van der Waals surface area (Å²) >= 11 is 0. The highest BCUT2D eigenvalue weighted by Gasteiger charge is 2.16. The number of nitrogens with one attached hydrogen (secondary N) is 1. The van der Waals surface area contributed by atoms with Gasteiger partial charge in [0.15, 0.2) is 5.69 Å². The summed E-state index contributed by atoms with van der Waals surface area (Å²) in [5.74, 6) is 0.640. The van der Waals surface area contributed by atoms with Gasteiger partial charge in [0.25, 0.3) is 0 Å². The van der Waals surface area contributed by atoms with Crippen LogP contribution in [0.4, 0.5) is 11.6 Å². The lowest BCUT2D eigenvalue weighted by Crippen LogP contribution is -2.09. The van der Waals surface area contributed by atoms with Crippen LogP contribution in [0.25, 0.3) is 0 Å². The van der Waals surface area contributed by atoms with Gasteiger partial charge in [-0.25, -0.2) is 14.8 Å². The number of ether oxygens (including phenoxy) is 3. The van der Waals surface area contributed by atoms with Crippen molar-refractivity contribution >= 4 is 17.6 Å². The maximum absolute atomic E-state index is 12.1. The van der Waals surface area contributed by atoms with Crippen LogP contribution in [-0.4, -0.2) is 35.1 Å². The molecule has 0 radical (unpaired) electrons. The number of nitriles is 1. The van der Waals surface area contributed by atoms with Gasteiger partial charge in [0.05, 0.1) is 37.7 Å². The molecule has 0 aliphatic rings. The number of carbonyl (C=O) groups is 1. The number of hydrogen-bond donors (Lipinski definition) is 1. The number of pyridine rings is 1. The molecule has 0 bridgehead atoms. The van der Waals surface area contributed by atoms with Crippen molar-refractivity contribution < 1.29 is 19.0 Å². The zero-order chi connectivity index (χ0) is 21.7. The molecule has 0 atom stereocenters. The average molecular weight is 405 g/mol. The van der Waals surface area contributed by atoms with E-state index in [2.05, 4.69) is 26.3 Å². The Hall–Kier alpha value is -4.19. The second-order valence-corrected chi connectivity index (χ2v) is 6.27. The molecule has 1 aromatic carbocycles. The highest BCUT2D eigenvalue weighted by atomic mass is 16.5. The Labute approximate surface area is 173 Å². The number of anilines is 2. The van der Waals surface area contributed by atoms with E-state index in [1.165, 1.54) is 20.3 Å². The Morgan fingerprint density at radius 3 is 2.37 bits per heavy atom. The van der Waals surface area contributed by atoms with Crippen LogP contribution in [0.5, 0.6) is 17.5 Å². The van der Waals surface area contributed by atoms with Gasteiger partial charge in [-0.3, -0.25) is 0 Å². The monoisotopic (exact) mass is 405 g/mol. The predicted molar refractivity (Wildman–Crippen MR) is 108 cm³/mol. The number of nitrogens with zero attached hydrogens (tertiary/aromatic N) is 4. The summed E-state index contributed by atoms with van der Waals surface area (Å²) in [7, 11) is 2.79. The van der Waals surface area contributed by atoms with Crippen molar-refractivity contribution in [1.29, 1.82) is 5.26 Å². The van der Waals surface area contributed by atoms with Gasteiger partial charge in [-0.15, -0.1) is 0 Å². The minimum Gasteiger partial charge on any atom is -0.481 e. The van der Waals surface area contributed by atoms with Crippen molar-refractivity contribution in [1.82, 2.24) is 15.0 Å². The average Bonchev–Trinajstić information content (AvgIpc) is 2.75. The van der Waals surface area contributed by atoms with E-state index in [0.717, 1.165) is 11.1 Å². The molecule has 30 heavy (non-hydrogen) atoms. The molecule has 0 aliphatic carbocycles. The zero-order valence-corrected chi connectivity index (χ0v) is 16.9. The Kier molecular flexibility index (Phi) is 6.08. The Balaban J connectivity index is 1.97. The molecule has 0 saturated heterocycles. The van der Waals surface area contributed by atoms with Crippen LogP contribution in [0.3, 0.4) is 0 Å². The van der Waals surface area contributed by atoms with E-state index in [4.69, 9.17) is 19.5 Å². The van der Waals surface area contributed by atoms with Gasteiger partial charge >= 0.3 is 5.97 Å². The predicted octanol–water partition coefficient (Wildman–Crippen LogP) is 3.69. The molecule has 3 rings (SSSR count). The third-order valence-corrected chi connectivity index (χ3v) is 4.09. The lowest BCUT2D eigenvalue weighted by molar-refractivity contribution is 0.0593. The molecular formula is C21H19N5O4.